The summed E-state index contributed by atoms with van der Waals surface area (Å²) in [6, 6.07) is 4.20. The highest BCUT2D eigenvalue weighted by atomic mass is 16.6. The molecule has 4 N–H and O–H groups in total. The predicted molar refractivity (Wildman–Crippen MR) is 79.8 cm³/mol. The van der Waals surface area contributed by atoms with Crippen LogP contribution in [0.1, 0.15) is 43.5 Å². The topological polar surface area (TPSA) is 110 Å². The highest BCUT2D eigenvalue weighted by molar-refractivity contribution is 5.99. The third kappa shape index (κ3) is 3.49. The third-order valence-corrected chi connectivity index (χ3v) is 3.91. The molecule has 0 aromatic heterocycles. The second kappa shape index (κ2) is 5.69. The van der Waals surface area contributed by atoms with Gasteiger partial charge in [0.15, 0.2) is 0 Å². The maximum Gasteiger partial charge on any atom is 0.282 e. The summed E-state index contributed by atoms with van der Waals surface area (Å²) in [5.41, 5.74) is 2.86. The minimum absolute atomic E-state index is 0.0279. The van der Waals surface area contributed by atoms with Crippen molar-refractivity contribution in [2.75, 3.05) is 5.43 Å². The van der Waals surface area contributed by atoms with E-state index in [1.807, 2.05) is 0 Å². The van der Waals surface area contributed by atoms with Crippen LogP contribution in [0.4, 0.5) is 11.4 Å². The first-order valence-electron chi connectivity index (χ1n) is 6.88. The number of carbonyl (C=O) groups excluding carboxylic acids is 1. The van der Waals surface area contributed by atoms with Crippen LogP contribution in [-0.2, 0) is 0 Å². The molecule has 114 valence electrons. The number of rotatable bonds is 4. The molecule has 1 aliphatic carbocycles. The SMILES string of the molecule is CC1(C)CCC(NC(=O)c2cc(NN)ccc2[N+](=O)[O-])C1. The molecule has 0 saturated heterocycles. The van der Waals surface area contributed by atoms with Crippen LogP contribution in [0.25, 0.3) is 0 Å². The molecule has 0 aliphatic heterocycles. The molecule has 21 heavy (non-hydrogen) atoms. The van der Waals surface area contributed by atoms with Gasteiger partial charge in [-0.25, -0.2) is 0 Å². The largest absolute Gasteiger partial charge is 0.349 e. The Bertz CT molecular complexity index is 571. The lowest BCUT2D eigenvalue weighted by Gasteiger charge is -2.18. The normalized spacial score (nSPS) is 20.0. The van der Waals surface area contributed by atoms with Gasteiger partial charge in [-0.3, -0.25) is 20.8 Å². The molecule has 0 bridgehead atoms. The van der Waals surface area contributed by atoms with E-state index in [0.29, 0.717) is 5.69 Å². The Labute approximate surface area is 123 Å². The molecular formula is C14H20N4O3. The number of carbonyl (C=O) groups is 1. The Hall–Kier alpha value is -2.15. The lowest BCUT2D eigenvalue weighted by molar-refractivity contribution is -0.385. The Kier molecular flexibility index (Phi) is 4.13. The van der Waals surface area contributed by atoms with Gasteiger partial charge in [0, 0.05) is 17.8 Å². The molecule has 1 unspecified atom stereocenters. The number of hydrogen-bond donors (Lipinski definition) is 3. The summed E-state index contributed by atoms with van der Waals surface area (Å²) in [6.45, 7) is 4.31. The van der Waals surface area contributed by atoms with Gasteiger partial charge in [0.2, 0.25) is 0 Å². The van der Waals surface area contributed by atoms with Crippen molar-refractivity contribution >= 4 is 17.3 Å². The number of nitrogens with two attached hydrogens (primary N) is 1. The van der Waals surface area contributed by atoms with Crippen molar-refractivity contribution in [3.05, 3.63) is 33.9 Å². The summed E-state index contributed by atoms with van der Waals surface area (Å²) in [6.07, 6.45) is 2.80. The molecule has 1 amide bonds. The lowest BCUT2D eigenvalue weighted by atomic mass is 9.92. The molecule has 1 atom stereocenters. The van der Waals surface area contributed by atoms with Gasteiger partial charge in [0.1, 0.15) is 5.56 Å². The highest BCUT2D eigenvalue weighted by Gasteiger charge is 2.32. The number of hydrazine groups is 1. The number of nitrogens with one attached hydrogen (secondary N) is 2. The summed E-state index contributed by atoms with van der Waals surface area (Å²) in [5.74, 6) is 4.86. The molecule has 1 aliphatic rings. The Morgan fingerprint density at radius 2 is 2.19 bits per heavy atom. The Morgan fingerprint density at radius 3 is 2.71 bits per heavy atom. The fourth-order valence-corrected chi connectivity index (χ4v) is 2.79. The fraction of sp³-hybridized carbons (Fsp3) is 0.500. The van der Waals surface area contributed by atoms with Gasteiger partial charge < -0.3 is 10.7 Å². The number of nitrogen functional groups attached to an aromatic ring is 1. The highest BCUT2D eigenvalue weighted by Crippen LogP contribution is 2.37. The Balaban J connectivity index is 2.20. The number of amides is 1. The molecule has 7 nitrogen and oxygen atoms in total. The smallest absolute Gasteiger partial charge is 0.282 e. The number of hydrogen-bond acceptors (Lipinski definition) is 5. The molecule has 0 spiro atoms. The lowest BCUT2D eigenvalue weighted by Crippen LogP contribution is -2.34. The fourth-order valence-electron chi connectivity index (χ4n) is 2.79. The van der Waals surface area contributed by atoms with Crippen LogP contribution in [0.3, 0.4) is 0 Å². The zero-order valence-electron chi connectivity index (χ0n) is 12.2. The van der Waals surface area contributed by atoms with Crippen molar-refractivity contribution in [3.8, 4) is 0 Å². The first-order chi connectivity index (χ1) is 9.82. The molecule has 1 fully saturated rings. The number of nitrogens with zero attached hydrogens (tertiary/aromatic N) is 1. The van der Waals surface area contributed by atoms with Crippen LogP contribution in [0, 0.1) is 15.5 Å². The summed E-state index contributed by atoms with van der Waals surface area (Å²) in [5, 5.41) is 13.9. The van der Waals surface area contributed by atoms with E-state index in [1.165, 1.54) is 18.2 Å². The van der Waals surface area contributed by atoms with E-state index < -0.39 is 10.8 Å². The predicted octanol–water partition coefficient (Wildman–Crippen LogP) is 2.19. The molecule has 1 saturated carbocycles. The van der Waals surface area contributed by atoms with E-state index in [1.54, 1.807) is 0 Å². The summed E-state index contributed by atoms with van der Waals surface area (Å²) in [7, 11) is 0. The van der Waals surface area contributed by atoms with Gasteiger partial charge >= 0.3 is 0 Å². The number of nitro benzene ring substituents is 1. The van der Waals surface area contributed by atoms with Gasteiger partial charge in [-0.15, -0.1) is 0 Å². The number of benzene rings is 1. The van der Waals surface area contributed by atoms with Crippen LogP contribution in [0.2, 0.25) is 0 Å². The summed E-state index contributed by atoms with van der Waals surface area (Å²) >= 11 is 0. The zero-order chi connectivity index (χ0) is 15.6. The molecule has 1 aromatic rings. The maximum atomic E-state index is 12.3. The number of anilines is 1. The molecule has 0 heterocycles. The van der Waals surface area contributed by atoms with Gasteiger partial charge in [-0.1, -0.05) is 13.8 Å². The average Bonchev–Trinajstić information content (AvgIpc) is 2.76. The van der Waals surface area contributed by atoms with Crippen molar-refractivity contribution in [2.45, 2.75) is 39.2 Å². The van der Waals surface area contributed by atoms with Gasteiger partial charge in [0.25, 0.3) is 11.6 Å². The summed E-state index contributed by atoms with van der Waals surface area (Å²) < 4.78 is 0. The zero-order valence-corrected chi connectivity index (χ0v) is 12.2. The minimum atomic E-state index is -0.562. The molecular weight excluding hydrogens is 272 g/mol. The van der Waals surface area contributed by atoms with Crippen molar-refractivity contribution in [1.29, 1.82) is 0 Å². The van der Waals surface area contributed by atoms with E-state index in [4.69, 9.17) is 5.84 Å². The van der Waals surface area contributed by atoms with Gasteiger partial charge in [-0.2, -0.15) is 0 Å². The second-order valence-corrected chi connectivity index (χ2v) is 6.21. The first-order valence-corrected chi connectivity index (χ1v) is 6.88. The van der Waals surface area contributed by atoms with Gasteiger partial charge in [-0.05, 0) is 36.8 Å². The minimum Gasteiger partial charge on any atom is -0.349 e. The summed E-state index contributed by atoms with van der Waals surface area (Å²) in [4.78, 5) is 22.8. The van der Waals surface area contributed by atoms with Crippen LogP contribution < -0.4 is 16.6 Å². The average molecular weight is 292 g/mol. The van der Waals surface area contributed by atoms with Crippen LogP contribution in [0.15, 0.2) is 18.2 Å². The van der Waals surface area contributed by atoms with Crippen molar-refractivity contribution in [2.24, 2.45) is 11.3 Å². The second-order valence-electron chi connectivity index (χ2n) is 6.21. The van der Waals surface area contributed by atoms with Crippen LogP contribution in [-0.4, -0.2) is 16.9 Å². The quantitative estimate of drug-likeness (QED) is 0.447. The first kappa shape index (κ1) is 15.2. The molecule has 1 aromatic carbocycles. The van der Waals surface area contributed by atoms with E-state index >= 15 is 0 Å². The maximum absolute atomic E-state index is 12.3. The van der Waals surface area contributed by atoms with Crippen LogP contribution in [0.5, 0.6) is 0 Å². The van der Waals surface area contributed by atoms with E-state index in [2.05, 4.69) is 24.6 Å². The van der Waals surface area contributed by atoms with E-state index in [-0.39, 0.29) is 22.7 Å². The molecule has 0 radical (unpaired) electrons. The number of nitro groups is 1. The third-order valence-electron chi connectivity index (χ3n) is 3.91. The monoisotopic (exact) mass is 292 g/mol. The van der Waals surface area contributed by atoms with Crippen LogP contribution >= 0.6 is 0 Å². The molecule has 2 rings (SSSR count). The van der Waals surface area contributed by atoms with Crippen molar-refractivity contribution < 1.29 is 9.72 Å². The Morgan fingerprint density at radius 1 is 1.48 bits per heavy atom. The molecule has 7 heteroatoms. The van der Waals surface area contributed by atoms with E-state index in [0.717, 1.165) is 19.3 Å². The van der Waals surface area contributed by atoms with Crippen molar-refractivity contribution in [3.63, 3.8) is 0 Å². The van der Waals surface area contributed by atoms with Crippen molar-refractivity contribution in [1.82, 2.24) is 5.32 Å². The van der Waals surface area contributed by atoms with Gasteiger partial charge in [0.05, 0.1) is 4.92 Å². The standard InChI is InChI=1S/C14H20N4O3/c1-14(2)6-5-10(8-14)16-13(19)11-7-9(17-15)3-4-12(11)18(20)21/h3-4,7,10,17H,5-6,8,15H2,1-2H3,(H,16,19). The van der Waals surface area contributed by atoms with E-state index in [9.17, 15) is 14.9 Å².